The van der Waals surface area contributed by atoms with E-state index in [4.69, 9.17) is 9.16 Å². The third-order valence-corrected chi connectivity index (χ3v) is 8.25. The quantitative estimate of drug-likeness (QED) is 0.645. The molecule has 1 saturated heterocycles. The first-order chi connectivity index (χ1) is 7.56. The van der Waals surface area contributed by atoms with Crippen molar-refractivity contribution in [3.63, 3.8) is 0 Å². The monoisotopic (exact) mass is 264 g/mol. The van der Waals surface area contributed by atoms with Crippen LogP contribution in [-0.2, 0) is 9.16 Å². The first-order valence-electron chi connectivity index (χ1n) is 5.90. The van der Waals surface area contributed by atoms with Gasteiger partial charge in [0.1, 0.15) is 18.3 Å². The van der Waals surface area contributed by atoms with E-state index in [1.54, 1.807) is 0 Å². The Labute approximate surface area is 103 Å². The molecule has 0 bridgehead atoms. The molecular weight excluding hydrogens is 240 g/mol. The Morgan fingerprint density at radius 1 is 1.12 bits per heavy atom. The number of aliphatic hydroxyl groups is 3. The molecule has 0 saturated carbocycles. The second-order valence-electron chi connectivity index (χ2n) is 6.12. The fourth-order valence-corrected chi connectivity index (χ4v) is 2.39. The molecule has 3 N–H and O–H groups in total. The van der Waals surface area contributed by atoms with Crippen molar-refractivity contribution in [1.29, 1.82) is 0 Å². The summed E-state index contributed by atoms with van der Waals surface area (Å²) in [6, 6.07) is 0. The van der Waals surface area contributed by atoms with Gasteiger partial charge in [0.2, 0.25) is 0 Å². The van der Waals surface area contributed by atoms with E-state index in [2.05, 4.69) is 33.9 Å². The Kier molecular flexibility index (Phi) is 4.39. The van der Waals surface area contributed by atoms with E-state index in [-0.39, 0.29) is 11.6 Å². The van der Waals surface area contributed by atoms with E-state index in [1.807, 2.05) is 0 Å². The van der Waals surface area contributed by atoms with Gasteiger partial charge in [-0.2, -0.15) is 0 Å². The summed E-state index contributed by atoms with van der Waals surface area (Å²) < 4.78 is 10.9. The molecule has 1 heterocycles. The molecule has 17 heavy (non-hydrogen) atoms. The maximum absolute atomic E-state index is 9.63. The van der Waals surface area contributed by atoms with E-state index in [0.29, 0.717) is 0 Å². The minimum absolute atomic E-state index is 0.0772. The summed E-state index contributed by atoms with van der Waals surface area (Å²) in [5.74, 6) is 0. The highest BCUT2D eigenvalue weighted by molar-refractivity contribution is 6.74. The molecule has 5 nitrogen and oxygen atoms in total. The molecule has 1 rings (SSSR count). The molecule has 6 heteroatoms. The van der Waals surface area contributed by atoms with Gasteiger partial charge in [0.25, 0.3) is 0 Å². The summed E-state index contributed by atoms with van der Waals surface area (Å²) in [5, 5.41) is 28.3. The zero-order chi connectivity index (χ0) is 13.4. The Bertz CT molecular complexity index is 263. The molecule has 0 aromatic carbocycles. The Morgan fingerprint density at radius 3 is 2.00 bits per heavy atom. The average Bonchev–Trinajstić information content (AvgIpc) is 2.41. The topological polar surface area (TPSA) is 79.2 Å². The molecule has 0 amide bonds. The van der Waals surface area contributed by atoms with E-state index in [9.17, 15) is 15.3 Å². The van der Waals surface area contributed by atoms with E-state index >= 15 is 0 Å². The number of hydrogen-bond donors (Lipinski definition) is 3. The standard InChI is InChI=1S/C11H24O5Si/c1-11(2,3)17(4,5)15-6-7-8(12)9(13)10(14)16-7/h7-10,12-14H,6H2,1-5H3/t7-,8-,9-,10?/m1/s1. The second kappa shape index (κ2) is 4.95. The maximum Gasteiger partial charge on any atom is 0.192 e. The van der Waals surface area contributed by atoms with Crippen molar-refractivity contribution in [3.05, 3.63) is 0 Å². The van der Waals surface area contributed by atoms with Gasteiger partial charge >= 0.3 is 0 Å². The summed E-state index contributed by atoms with van der Waals surface area (Å²) in [6.45, 7) is 10.8. The van der Waals surface area contributed by atoms with Gasteiger partial charge in [-0.05, 0) is 18.1 Å². The first kappa shape index (κ1) is 15.1. The Hall–Kier alpha value is 0.0169. The average molecular weight is 264 g/mol. The van der Waals surface area contributed by atoms with Crippen molar-refractivity contribution in [1.82, 2.24) is 0 Å². The molecule has 0 aromatic rings. The van der Waals surface area contributed by atoms with Crippen LogP contribution in [0.1, 0.15) is 20.8 Å². The normalized spacial score (nSPS) is 35.3. The fourth-order valence-electron chi connectivity index (χ4n) is 1.37. The van der Waals surface area contributed by atoms with Crippen molar-refractivity contribution < 1.29 is 24.5 Å². The fraction of sp³-hybridized carbons (Fsp3) is 1.00. The second-order valence-corrected chi connectivity index (χ2v) is 10.9. The lowest BCUT2D eigenvalue weighted by Crippen LogP contribution is -2.44. The van der Waals surface area contributed by atoms with E-state index in [1.165, 1.54) is 0 Å². The highest BCUT2D eigenvalue weighted by atomic mass is 28.4. The molecule has 1 unspecified atom stereocenters. The summed E-state index contributed by atoms with van der Waals surface area (Å²) in [7, 11) is -1.90. The summed E-state index contributed by atoms with van der Waals surface area (Å²) in [4.78, 5) is 0. The summed E-state index contributed by atoms with van der Waals surface area (Å²) >= 11 is 0. The van der Waals surface area contributed by atoms with E-state index in [0.717, 1.165) is 0 Å². The predicted octanol–water partition coefficient (Wildman–Crippen LogP) is 0.447. The van der Waals surface area contributed by atoms with E-state index < -0.39 is 32.9 Å². The van der Waals surface area contributed by atoms with Crippen molar-refractivity contribution >= 4 is 8.32 Å². The van der Waals surface area contributed by atoms with Crippen molar-refractivity contribution in [3.8, 4) is 0 Å². The number of rotatable bonds is 3. The third-order valence-electron chi connectivity index (χ3n) is 3.75. The number of aliphatic hydroxyl groups excluding tert-OH is 3. The zero-order valence-corrected chi connectivity index (χ0v) is 12.2. The summed E-state index contributed by atoms with van der Waals surface area (Å²) in [5.41, 5.74) is 0. The zero-order valence-electron chi connectivity index (χ0n) is 11.2. The van der Waals surface area contributed by atoms with Crippen LogP contribution in [-0.4, -0.2) is 54.8 Å². The maximum atomic E-state index is 9.63. The van der Waals surface area contributed by atoms with Crippen LogP contribution in [0.4, 0.5) is 0 Å². The van der Waals surface area contributed by atoms with Crippen LogP contribution in [0.25, 0.3) is 0 Å². The smallest absolute Gasteiger partial charge is 0.192 e. The van der Waals surface area contributed by atoms with Gasteiger partial charge in [-0.1, -0.05) is 20.8 Å². The van der Waals surface area contributed by atoms with Gasteiger partial charge < -0.3 is 24.5 Å². The molecule has 1 aliphatic rings. The highest BCUT2D eigenvalue weighted by Gasteiger charge is 2.44. The lowest BCUT2D eigenvalue weighted by atomic mass is 10.1. The lowest BCUT2D eigenvalue weighted by molar-refractivity contribution is -0.132. The highest BCUT2D eigenvalue weighted by Crippen LogP contribution is 2.37. The van der Waals surface area contributed by atoms with Crippen LogP contribution in [0, 0.1) is 0 Å². The minimum Gasteiger partial charge on any atom is -0.414 e. The molecule has 0 radical (unpaired) electrons. The number of ether oxygens (including phenoxy) is 1. The number of hydrogen-bond acceptors (Lipinski definition) is 5. The van der Waals surface area contributed by atoms with Gasteiger partial charge in [0.15, 0.2) is 14.6 Å². The van der Waals surface area contributed by atoms with Gasteiger partial charge in [-0.15, -0.1) is 0 Å². The van der Waals surface area contributed by atoms with Crippen LogP contribution in [0.2, 0.25) is 18.1 Å². The Balaban J connectivity index is 2.53. The van der Waals surface area contributed by atoms with Crippen LogP contribution >= 0.6 is 0 Å². The Morgan fingerprint density at radius 2 is 1.65 bits per heavy atom. The van der Waals surface area contributed by atoms with Gasteiger partial charge in [0.05, 0.1) is 6.61 Å². The van der Waals surface area contributed by atoms with Crippen molar-refractivity contribution in [2.24, 2.45) is 0 Å². The van der Waals surface area contributed by atoms with Crippen LogP contribution in [0.15, 0.2) is 0 Å². The predicted molar refractivity (Wildman–Crippen MR) is 66.0 cm³/mol. The molecule has 0 spiro atoms. The van der Waals surface area contributed by atoms with Gasteiger partial charge in [-0.25, -0.2) is 0 Å². The van der Waals surface area contributed by atoms with Crippen LogP contribution < -0.4 is 0 Å². The van der Waals surface area contributed by atoms with Crippen molar-refractivity contribution in [2.45, 2.75) is 63.5 Å². The molecule has 1 aliphatic heterocycles. The van der Waals surface area contributed by atoms with Crippen LogP contribution in [0.3, 0.4) is 0 Å². The van der Waals surface area contributed by atoms with Gasteiger partial charge in [-0.3, -0.25) is 0 Å². The lowest BCUT2D eigenvalue weighted by Gasteiger charge is -2.37. The molecule has 4 atom stereocenters. The molecule has 0 aromatic heterocycles. The third kappa shape index (κ3) is 3.27. The SMILES string of the molecule is CC(C)(C)[Si](C)(C)OC[C@H]1OC(O)[C@H](O)[C@@H]1O. The van der Waals surface area contributed by atoms with Crippen LogP contribution in [0.5, 0.6) is 0 Å². The molecule has 102 valence electrons. The minimum atomic E-state index is -1.90. The van der Waals surface area contributed by atoms with Gasteiger partial charge in [0, 0.05) is 0 Å². The largest absolute Gasteiger partial charge is 0.414 e. The van der Waals surface area contributed by atoms with Crippen molar-refractivity contribution in [2.75, 3.05) is 6.61 Å². The molecular formula is C11H24O5Si. The molecule has 0 aliphatic carbocycles. The first-order valence-corrected chi connectivity index (χ1v) is 8.81. The summed E-state index contributed by atoms with van der Waals surface area (Å²) in [6.07, 6.45) is -4.31. The molecule has 1 fully saturated rings.